The fourth-order valence-electron chi connectivity index (χ4n) is 2.51. The molecule has 1 heterocycles. The third-order valence-electron chi connectivity index (χ3n) is 3.12. The van der Waals surface area contributed by atoms with E-state index >= 15 is 0 Å². The minimum atomic E-state index is 1.27. The van der Waals surface area contributed by atoms with Crippen molar-refractivity contribution in [3.63, 3.8) is 0 Å². The highest BCUT2D eigenvalue weighted by Crippen LogP contribution is 2.31. The molecule has 2 aromatic rings. The molecule has 1 aliphatic rings. The summed E-state index contributed by atoms with van der Waals surface area (Å²) in [6, 6.07) is 4.56. The number of H-pyrrole nitrogens is 1. The lowest BCUT2D eigenvalue weighted by atomic mass is 10.0. The predicted molar refractivity (Wildman–Crippen MR) is 55.1 cm³/mol. The van der Waals surface area contributed by atoms with Crippen LogP contribution in [0.15, 0.2) is 18.3 Å². The fourth-order valence-corrected chi connectivity index (χ4v) is 2.51. The Balaban J connectivity index is 2.48. The topological polar surface area (TPSA) is 15.8 Å². The molecule has 1 aromatic heterocycles. The number of hydrogen-bond donors (Lipinski definition) is 1. The van der Waals surface area contributed by atoms with E-state index in [0.717, 1.165) is 0 Å². The number of fused-ring (bicyclic) bond motifs is 3. The van der Waals surface area contributed by atoms with Crippen molar-refractivity contribution in [2.75, 3.05) is 0 Å². The Morgan fingerprint density at radius 2 is 2.23 bits per heavy atom. The Bertz CT molecular complexity index is 465. The molecule has 0 radical (unpaired) electrons. The van der Waals surface area contributed by atoms with E-state index in [0.29, 0.717) is 0 Å². The minimum Gasteiger partial charge on any atom is -0.361 e. The van der Waals surface area contributed by atoms with Crippen LogP contribution in [0.5, 0.6) is 0 Å². The SMILES string of the molecule is Cc1cc2c(c3cc[nH]c13)CCC2. The van der Waals surface area contributed by atoms with Crippen LogP contribution in [0, 0.1) is 6.92 Å². The quantitative estimate of drug-likeness (QED) is 0.627. The first-order valence-electron chi connectivity index (χ1n) is 4.95. The van der Waals surface area contributed by atoms with Crippen molar-refractivity contribution in [3.8, 4) is 0 Å². The van der Waals surface area contributed by atoms with Gasteiger partial charge in [-0.2, -0.15) is 0 Å². The number of hydrogen-bond acceptors (Lipinski definition) is 0. The summed E-state index contributed by atoms with van der Waals surface area (Å²) >= 11 is 0. The molecule has 0 saturated carbocycles. The van der Waals surface area contributed by atoms with Crippen molar-refractivity contribution < 1.29 is 0 Å². The first-order valence-corrected chi connectivity index (χ1v) is 4.95. The molecule has 0 unspecified atom stereocenters. The maximum absolute atomic E-state index is 3.32. The van der Waals surface area contributed by atoms with Crippen LogP contribution in [-0.2, 0) is 12.8 Å². The van der Waals surface area contributed by atoms with E-state index in [1.165, 1.54) is 35.7 Å². The second-order valence-corrected chi connectivity index (χ2v) is 3.95. The van der Waals surface area contributed by atoms with Crippen LogP contribution in [-0.4, -0.2) is 4.98 Å². The average Bonchev–Trinajstić information content (AvgIpc) is 2.66. The summed E-state index contributed by atoms with van der Waals surface area (Å²) in [6.07, 6.45) is 5.93. The van der Waals surface area contributed by atoms with Crippen molar-refractivity contribution in [1.29, 1.82) is 0 Å². The average molecular weight is 171 g/mol. The molecule has 1 nitrogen and oxygen atoms in total. The number of rotatable bonds is 0. The third-order valence-corrected chi connectivity index (χ3v) is 3.12. The Labute approximate surface area is 77.8 Å². The van der Waals surface area contributed by atoms with Gasteiger partial charge in [0.05, 0.1) is 0 Å². The van der Waals surface area contributed by atoms with Crippen LogP contribution >= 0.6 is 0 Å². The van der Waals surface area contributed by atoms with Crippen LogP contribution in [0.2, 0.25) is 0 Å². The Morgan fingerprint density at radius 1 is 1.31 bits per heavy atom. The Kier molecular flexibility index (Phi) is 1.32. The van der Waals surface area contributed by atoms with E-state index < -0.39 is 0 Å². The van der Waals surface area contributed by atoms with E-state index in [1.54, 1.807) is 11.1 Å². The third kappa shape index (κ3) is 0.873. The summed E-state index contributed by atoms with van der Waals surface area (Å²) < 4.78 is 0. The molecule has 0 aliphatic heterocycles. The minimum absolute atomic E-state index is 1.27. The molecule has 0 saturated heterocycles. The van der Waals surface area contributed by atoms with Crippen LogP contribution in [0.25, 0.3) is 10.9 Å². The predicted octanol–water partition coefficient (Wildman–Crippen LogP) is 2.97. The van der Waals surface area contributed by atoms with Gasteiger partial charge in [-0.05, 0) is 48.9 Å². The molecule has 0 spiro atoms. The van der Waals surface area contributed by atoms with Crippen LogP contribution < -0.4 is 0 Å². The zero-order valence-corrected chi connectivity index (χ0v) is 7.85. The standard InChI is InChI=1S/C12H13N/c1-8-7-9-3-2-4-10(9)11-5-6-13-12(8)11/h5-7,13H,2-4H2,1H3. The molecule has 13 heavy (non-hydrogen) atoms. The molecule has 3 rings (SSSR count). The van der Waals surface area contributed by atoms with Crippen LogP contribution in [0.1, 0.15) is 23.1 Å². The lowest BCUT2D eigenvalue weighted by molar-refractivity contribution is 0.913. The van der Waals surface area contributed by atoms with E-state index in [2.05, 4.69) is 30.2 Å². The molecular formula is C12H13N. The molecule has 1 N–H and O–H groups in total. The van der Waals surface area contributed by atoms with Crippen molar-refractivity contribution in [2.45, 2.75) is 26.2 Å². The molecule has 1 heteroatoms. The lowest BCUT2D eigenvalue weighted by Crippen LogP contribution is -1.86. The van der Waals surface area contributed by atoms with Crippen LogP contribution in [0.3, 0.4) is 0 Å². The number of aromatic amines is 1. The summed E-state index contributed by atoms with van der Waals surface area (Å²) in [7, 11) is 0. The number of nitrogens with one attached hydrogen (secondary N) is 1. The second-order valence-electron chi connectivity index (χ2n) is 3.95. The fraction of sp³-hybridized carbons (Fsp3) is 0.333. The van der Waals surface area contributed by atoms with E-state index in [4.69, 9.17) is 0 Å². The highest BCUT2D eigenvalue weighted by Gasteiger charge is 2.15. The first-order chi connectivity index (χ1) is 6.36. The van der Waals surface area contributed by atoms with Gasteiger partial charge in [0.2, 0.25) is 0 Å². The van der Waals surface area contributed by atoms with Gasteiger partial charge in [-0.1, -0.05) is 6.07 Å². The van der Waals surface area contributed by atoms with Gasteiger partial charge in [0.15, 0.2) is 0 Å². The van der Waals surface area contributed by atoms with E-state index in [1.807, 2.05) is 0 Å². The van der Waals surface area contributed by atoms with Gasteiger partial charge < -0.3 is 4.98 Å². The maximum Gasteiger partial charge on any atom is 0.0486 e. The Morgan fingerprint density at radius 3 is 3.15 bits per heavy atom. The van der Waals surface area contributed by atoms with Gasteiger partial charge >= 0.3 is 0 Å². The normalized spacial score (nSPS) is 15.2. The first kappa shape index (κ1) is 7.19. The summed E-state index contributed by atoms with van der Waals surface area (Å²) in [5.74, 6) is 0. The lowest BCUT2D eigenvalue weighted by Gasteiger charge is -2.03. The molecular weight excluding hydrogens is 158 g/mol. The summed E-state index contributed by atoms with van der Waals surface area (Å²) in [4.78, 5) is 3.32. The van der Waals surface area contributed by atoms with E-state index in [9.17, 15) is 0 Å². The molecule has 1 aliphatic carbocycles. The van der Waals surface area contributed by atoms with Gasteiger partial charge in [0.25, 0.3) is 0 Å². The number of benzene rings is 1. The van der Waals surface area contributed by atoms with E-state index in [-0.39, 0.29) is 0 Å². The largest absolute Gasteiger partial charge is 0.361 e. The van der Waals surface area contributed by atoms with Gasteiger partial charge in [0.1, 0.15) is 0 Å². The molecule has 66 valence electrons. The molecule has 0 fully saturated rings. The van der Waals surface area contributed by atoms with Crippen LogP contribution in [0.4, 0.5) is 0 Å². The smallest absolute Gasteiger partial charge is 0.0486 e. The summed E-state index contributed by atoms with van der Waals surface area (Å²) in [5, 5.41) is 1.45. The highest BCUT2D eigenvalue weighted by molar-refractivity contribution is 5.87. The number of aromatic nitrogens is 1. The molecule has 0 amide bonds. The zero-order valence-electron chi connectivity index (χ0n) is 7.85. The summed E-state index contributed by atoms with van der Waals surface area (Å²) in [5.41, 5.74) is 5.88. The van der Waals surface area contributed by atoms with Gasteiger partial charge in [0, 0.05) is 17.1 Å². The maximum atomic E-state index is 3.32. The van der Waals surface area contributed by atoms with Crippen molar-refractivity contribution >= 4 is 10.9 Å². The number of aryl methyl sites for hydroxylation is 3. The van der Waals surface area contributed by atoms with Gasteiger partial charge in [-0.3, -0.25) is 0 Å². The Hall–Kier alpha value is -1.24. The van der Waals surface area contributed by atoms with Gasteiger partial charge in [-0.25, -0.2) is 0 Å². The highest BCUT2D eigenvalue weighted by atomic mass is 14.7. The van der Waals surface area contributed by atoms with Gasteiger partial charge in [-0.15, -0.1) is 0 Å². The molecule has 0 atom stereocenters. The zero-order chi connectivity index (χ0) is 8.84. The van der Waals surface area contributed by atoms with Crippen molar-refractivity contribution in [2.24, 2.45) is 0 Å². The summed E-state index contributed by atoms with van der Waals surface area (Å²) in [6.45, 7) is 2.19. The van der Waals surface area contributed by atoms with Crippen molar-refractivity contribution in [3.05, 3.63) is 35.0 Å². The van der Waals surface area contributed by atoms with Crippen molar-refractivity contribution in [1.82, 2.24) is 4.98 Å². The molecule has 1 aromatic carbocycles. The second kappa shape index (κ2) is 2.38. The monoisotopic (exact) mass is 171 g/mol. The molecule has 0 bridgehead atoms.